The zero-order valence-corrected chi connectivity index (χ0v) is 17.5. The van der Waals surface area contributed by atoms with Gasteiger partial charge < -0.3 is 11.5 Å². The molecule has 0 saturated carbocycles. The van der Waals surface area contributed by atoms with Crippen molar-refractivity contribution < 1.29 is 4.39 Å². The summed E-state index contributed by atoms with van der Waals surface area (Å²) in [7, 11) is 0. The molecule has 0 bridgehead atoms. The Kier molecular flexibility index (Phi) is 5.92. The molecule has 4 rings (SSSR count). The number of nitrogen functional groups attached to an aromatic ring is 2. The molecule has 156 valence electrons. The van der Waals surface area contributed by atoms with Gasteiger partial charge in [-0.3, -0.25) is 0 Å². The maximum Gasteiger partial charge on any atom is 0.220 e. The molecule has 0 aliphatic heterocycles. The lowest BCUT2D eigenvalue weighted by Crippen LogP contribution is -2.20. The van der Waals surface area contributed by atoms with Crippen LogP contribution in [0.3, 0.4) is 0 Å². The van der Waals surface area contributed by atoms with Gasteiger partial charge in [-0.15, -0.1) is 0 Å². The first-order chi connectivity index (χ1) is 15.0. The molecule has 0 radical (unpaired) electrons. The highest BCUT2D eigenvalue weighted by atomic mass is 35.5. The minimum atomic E-state index is -0.718. The fourth-order valence-electron chi connectivity index (χ4n) is 3.53. The van der Waals surface area contributed by atoms with Crippen molar-refractivity contribution in [3.63, 3.8) is 0 Å². The maximum atomic E-state index is 15.0. The monoisotopic (exact) mass is 455 g/mol. The van der Waals surface area contributed by atoms with Gasteiger partial charge in [0.2, 0.25) is 17.8 Å². The summed E-state index contributed by atoms with van der Waals surface area (Å²) in [5, 5.41) is 0.654. The number of nitrogens with two attached hydrogens (primary N) is 2. The number of benzene rings is 1. The molecule has 4 N–H and O–H groups in total. The maximum absolute atomic E-state index is 15.0. The van der Waals surface area contributed by atoms with Crippen molar-refractivity contribution in [2.75, 3.05) is 11.5 Å². The van der Waals surface area contributed by atoms with E-state index in [0.717, 1.165) is 0 Å². The van der Waals surface area contributed by atoms with E-state index in [-0.39, 0.29) is 17.5 Å². The molecule has 2 atom stereocenters. The zero-order chi connectivity index (χ0) is 22.0. The van der Waals surface area contributed by atoms with E-state index < -0.39 is 17.8 Å². The van der Waals surface area contributed by atoms with Crippen LogP contribution in [0.15, 0.2) is 61.1 Å². The first-order valence-corrected chi connectivity index (χ1v) is 9.92. The van der Waals surface area contributed by atoms with Crippen molar-refractivity contribution in [2.24, 2.45) is 0 Å². The van der Waals surface area contributed by atoms with Crippen LogP contribution in [0.5, 0.6) is 0 Å². The zero-order valence-electron chi connectivity index (χ0n) is 16.0. The van der Waals surface area contributed by atoms with Gasteiger partial charge in [0.15, 0.2) is 0 Å². The van der Waals surface area contributed by atoms with Gasteiger partial charge in [0, 0.05) is 36.0 Å². The fraction of sp³-hybridized carbons (Fsp3) is 0.0952. The van der Waals surface area contributed by atoms with Crippen molar-refractivity contribution in [2.45, 2.75) is 11.8 Å². The summed E-state index contributed by atoms with van der Waals surface area (Å²) in [6.07, 6.45) is 4.40. The van der Waals surface area contributed by atoms with Crippen LogP contribution in [0.1, 0.15) is 34.4 Å². The Balaban J connectivity index is 2.05. The van der Waals surface area contributed by atoms with E-state index in [1.807, 2.05) is 0 Å². The number of rotatable bonds is 5. The van der Waals surface area contributed by atoms with Gasteiger partial charge in [-0.1, -0.05) is 41.4 Å². The third-order valence-electron chi connectivity index (χ3n) is 4.80. The van der Waals surface area contributed by atoms with Crippen LogP contribution in [0.25, 0.3) is 0 Å². The summed E-state index contributed by atoms with van der Waals surface area (Å²) < 4.78 is 15.0. The largest absolute Gasteiger partial charge is 0.368 e. The minimum absolute atomic E-state index is 0.0462. The molecular weight excluding hydrogens is 440 g/mol. The molecule has 4 aromatic rings. The first-order valence-electron chi connectivity index (χ1n) is 9.17. The van der Waals surface area contributed by atoms with Crippen LogP contribution in [0.4, 0.5) is 16.3 Å². The molecule has 0 amide bonds. The number of nitrogens with zero attached hydrogens (tertiary/aromatic N) is 5. The van der Waals surface area contributed by atoms with Crippen molar-refractivity contribution in [1.82, 2.24) is 24.9 Å². The highest BCUT2D eigenvalue weighted by Crippen LogP contribution is 2.45. The lowest BCUT2D eigenvalue weighted by Gasteiger charge is -2.28. The Morgan fingerprint density at radius 1 is 0.710 bits per heavy atom. The topological polar surface area (TPSA) is 116 Å². The summed E-state index contributed by atoms with van der Waals surface area (Å²) in [5.41, 5.74) is 13.5. The standard InChI is InChI=1S/C21H16Cl2FN7/c22-13-5-1-3-11(18(13)23)16(14-6-9-28-20(25)30-14)17(12-4-2-8-27-19(12)24)15-7-10-29-21(26)31-15/h1-10,16-17H,(H2,25,28,30)(H2,26,29,31). The Hall–Kier alpha value is -3.36. The van der Waals surface area contributed by atoms with E-state index in [4.69, 9.17) is 34.7 Å². The molecule has 0 fully saturated rings. The molecule has 3 heterocycles. The van der Waals surface area contributed by atoms with Crippen LogP contribution < -0.4 is 11.5 Å². The molecule has 1 aromatic carbocycles. The van der Waals surface area contributed by atoms with Crippen LogP contribution in [-0.4, -0.2) is 24.9 Å². The van der Waals surface area contributed by atoms with Gasteiger partial charge in [0.1, 0.15) is 0 Å². The highest BCUT2D eigenvalue weighted by Gasteiger charge is 2.34. The van der Waals surface area contributed by atoms with E-state index in [1.54, 1.807) is 42.5 Å². The normalized spacial score (nSPS) is 13.0. The summed E-state index contributed by atoms with van der Waals surface area (Å²) in [6.45, 7) is 0. The summed E-state index contributed by atoms with van der Waals surface area (Å²) >= 11 is 12.9. The minimum Gasteiger partial charge on any atom is -0.368 e. The van der Waals surface area contributed by atoms with E-state index >= 15 is 0 Å². The Morgan fingerprint density at radius 2 is 1.29 bits per heavy atom. The lowest BCUT2D eigenvalue weighted by molar-refractivity contribution is 0.537. The number of hydrogen-bond donors (Lipinski definition) is 2. The summed E-state index contributed by atoms with van der Waals surface area (Å²) in [5.74, 6) is -1.90. The van der Waals surface area contributed by atoms with Crippen molar-refractivity contribution in [3.8, 4) is 0 Å². The fourth-order valence-corrected chi connectivity index (χ4v) is 3.96. The second-order valence-electron chi connectivity index (χ2n) is 6.66. The molecule has 0 aliphatic rings. The van der Waals surface area contributed by atoms with E-state index in [9.17, 15) is 4.39 Å². The van der Waals surface area contributed by atoms with E-state index in [2.05, 4.69) is 24.9 Å². The molecular formula is C21H16Cl2FN7. The predicted molar refractivity (Wildman–Crippen MR) is 117 cm³/mol. The second kappa shape index (κ2) is 8.79. The van der Waals surface area contributed by atoms with Crippen molar-refractivity contribution >= 4 is 35.1 Å². The van der Waals surface area contributed by atoms with Crippen molar-refractivity contribution in [3.05, 3.63) is 99.6 Å². The number of anilines is 2. The van der Waals surface area contributed by atoms with Crippen LogP contribution in [-0.2, 0) is 0 Å². The van der Waals surface area contributed by atoms with Crippen LogP contribution >= 0.6 is 23.2 Å². The van der Waals surface area contributed by atoms with Gasteiger partial charge in [-0.2, -0.15) is 4.39 Å². The number of halogens is 3. The summed E-state index contributed by atoms with van der Waals surface area (Å²) in [4.78, 5) is 20.5. The third kappa shape index (κ3) is 4.26. The van der Waals surface area contributed by atoms with Gasteiger partial charge in [0.25, 0.3) is 0 Å². The lowest BCUT2D eigenvalue weighted by atomic mass is 9.77. The average Bonchev–Trinajstić information content (AvgIpc) is 2.75. The quantitative estimate of drug-likeness (QED) is 0.432. The van der Waals surface area contributed by atoms with Gasteiger partial charge >= 0.3 is 0 Å². The van der Waals surface area contributed by atoms with Crippen LogP contribution in [0, 0.1) is 5.95 Å². The summed E-state index contributed by atoms with van der Waals surface area (Å²) in [6, 6.07) is 11.8. The third-order valence-corrected chi connectivity index (χ3v) is 5.64. The van der Waals surface area contributed by atoms with E-state index in [0.29, 0.717) is 27.0 Å². The van der Waals surface area contributed by atoms with Crippen LogP contribution in [0.2, 0.25) is 10.0 Å². The Bertz CT molecular complexity index is 1240. The molecule has 7 nitrogen and oxygen atoms in total. The van der Waals surface area contributed by atoms with Gasteiger partial charge in [-0.05, 0) is 29.8 Å². The molecule has 2 unspecified atom stereocenters. The molecule has 10 heteroatoms. The molecule has 0 aliphatic carbocycles. The Morgan fingerprint density at radius 3 is 1.87 bits per heavy atom. The Labute approximate surface area is 187 Å². The molecule has 3 aromatic heterocycles. The molecule has 0 saturated heterocycles. The SMILES string of the molecule is Nc1nccc(C(c2cccnc2F)C(c2ccnc(N)n2)c2cccc(Cl)c2Cl)n1. The average molecular weight is 456 g/mol. The van der Waals surface area contributed by atoms with Gasteiger partial charge in [0.05, 0.1) is 21.4 Å². The number of hydrogen-bond acceptors (Lipinski definition) is 7. The predicted octanol–water partition coefficient (Wildman–Crippen LogP) is 4.24. The first kappa shape index (κ1) is 20.9. The second-order valence-corrected chi connectivity index (χ2v) is 7.45. The van der Waals surface area contributed by atoms with E-state index in [1.165, 1.54) is 18.6 Å². The van der Waals surface area contributed by atoms with Crippen molar-refractivity contribution in [1.29, 1.82) is 0 Å². The number of aromatic nitrogens is 5. The molecule has 0 spiro atoms. The highest BCUT2D eigenvalue weighted by molar-refractivity contribution is 6.42. The smallest absolute Gasteiger partial charge is 0.220 e. The van der Waals surface area contributed by atoms with Gasteiger partial charge in [-0.25, -0.2) is 24.9 Å². The molecule has 31 heavy (non-hydrogen) atoms. The number of pyridine rings is 1.